The van der Waals surface area contributed by atoms with Gasteiger partial charge in [-0.05, 0) is 38.5 Å². The molecular weight excluding hydrogens is 290 g/mol. The average molecular weight is 313 g/mol. The number of hydrogen-bond acceptors (Lipinski definition) is 5. The van der Waals surface area contributed by atoms with E-state index in [4.69, 9.17) is 4.74 Å². The zero-order chi connectivity index (χ0) is 15.7. The van der Waals surface area contributed by atoms with E-state index >= 15 is 0 Å². The normalized spacial score (nSPS) is 25.0. The first-order valence-electron chi connectivity index (χ1n) is 7.04. The van der Waals surface area contributed by atoms with Crippen molar-refractivity contribution in [2.75, 3.05) is 11.5 Å². The molecule has 1 saturated heterocycles. The maximum atomic E-state index is 11.5. The van der Waals surface area contributed by atoms with Crippen LogP contribution in [0.4, 0.5) is 0 Å². The summed E-state index contributed by atoms with van der Waals surface area (Å²) in [5, 5.41) is 13.1. The Morgan fingerprint density at radius 2 is 2.05 bits per heavy atom. The summed E-state index contributed by atoms with van der Waals surface area (Å²) in [5.74, 6) is 0.242. The number of hydrogen-bond donors (Lipinski definition) is 2. The van der Waals surface area contributed by atoms with Crippen LogP contribution in [0.1, 0.15) is 26.3 Å². The molecule has 1 heterocycles. The Labute approximate surface area is 126 Å². The molecule has 118 valence electrons. The monoisotopic (exact) mass is 313 g/mol. The van der Waals surface area contributed by atoms with Crippen molar-refractivity contribution in [3.63, 3.8) is 0 Å². The van der Waals surface area contributed by atoms with Gasteiger partial charge in [-0.1, -0.05) is 12.1 Å². The summed E-state index contributed by atoms with van der Waals surface area (Å²) in [6.07, 6.45) is -1.63. The fourth-order valence-electron chi connectivity index (χ4n) is 2.18. The number of nitrogens with one attached hydrogen (secondary N) is 1. The van der Waals surface area contributed by atoms with Gasteiger partial charge in [-0.15, -0.1) is 0 Å². The summed E-state index contributed by atoms with van der Waals surface area (Å²) >= 11 is 0. The minimum Gasteiger partial charge on any atom is -0.487 e. The first-order chi connectivity index (χ1) is 9.65. The van der Waals surface area contributed by atoms with Gasteiger partial charge < -0.3 is 15.2 Å². The minimum atomic E-state index is -3.19. The van der Waals surface area contributed by atoms with Gasteiger partial charge in [0, 0.05) is 12.1 Å². The summed E-state index contributed by atoms with van der Waals surface area (Å²) in [6.45, 7) is 6.97. The lowest BCUT2D eigenvalue weighted by atomic mass is 10.1. The summed E-state index contributed by atoms with van der Waals surface area (Å²) in [7, 11) is -3.19. The van der Waals surface area contributed by atoms with E-state index in [1.54, 1.807) is 6.07 Å². The standard InChI is InChI=1S/C15H23NO4S/c1-15(2,3)16-8-11-5-4-6-12(7-11)20-14-10-21(18,19)9-13(14)17/h4-7,13-14,16-17H,8-10H2,1-3H3. The van der Waals surface area contributed by atoms with Gasteiger partial charge in [0.1, 0.15) is 18.0 Å². The molecular formula is C15H23NO4S. The van der Waals surface area contributed by atoms with Crippen LogP contribution in [0, 0.1) is 0 Å². The van der Waals surface area contributed by atoms with E-state index in [-0.39, 0.29) is 17.0 Å². The maximum Gasteiger partial charge on any atom is 0.156 e. The van der Waals surface area contributed by atoms with Gasteiger partial charge in [0.25, 0.3) is 0 Å². The van der Waals surface area contributed by atoms with Gasteiger partial charge in [-0.2, -0.15) is 0 Å². The molecule has 0 aromatic heterocycles. The van der Waals surface area contributed by atoms with Gasteiger partial charge in [0.15, 0.2) is 9.84 Å². The molecule has 0 radical (unpaired) electrons. The number of rotatable bonds is 4. The second-order valence-corrected chi connectivity index (χ2v) is 8.71. The Morgan fingerprint density at radius 3 is 2.62 bits per heavy atom. The molecule has 2 unspecified atom stereocenters. The summed E-state index contributed by atoms with van der Waals surface area (Å²) in [5.41, 5.74) is 1.07. The fraction of sp³-hybridized carbons (Fsp3) is 0.600. The Morgan fingerprint density at radius 1 is 1.33 bits per heavy atom. The molecule has 1 aliphatic heterocycles. The first-order valence-corrected chi connectivity index (χ1v) is 8.86. The average Bonchev–Trinajstić information content (AvgIpc) is 2.59. The van der Waals surface area contributed by atoms with Crippen LogP contribution < -0.4 is 10.1 Å². The lowest BCUT2D eigenvalue weighted by molar-refractivity contribution is 0.0737. The van der Waals surface area contributed by atoms with Crippen LogP contribution in [-0.4, -0.2) is 42.8 Å². The molecule has 0 saturated carbocycles. The smallest absolute Gasteiger partial charge is 0.156 e. The lowest BCUT2D eigenvalue weighted by Gasteiger charge is -2.21. The predicted molar refractivity (Wildman–Crippen MR) is 82.1 cm³/mol. The molecule has 0 bridgehead atoms. The van der Waals surface area contributed by atoms with Gasteiger partial charge in [-0.25, -0.2) is 8.42 Å². The van der Waals surface area contributed by atoms with E-state index < -0.39 is 22.0 Å². The summed E-state index contributed by atoms with van der Waals surface area (Å²) in [6, 6.07) is 7.49. The van der Waals surface area contributed by atoms with Crippen molar-refractivity contribution < 1.29 is 18.3 Å². The Bertz CT molecular complexity index is 592. The number of aliphatic hydroxyl groups excluding tert-OH is 1. The van der Waals surface area contributed by atoms with Crippen LogP contribution in [0.3, 0.4) is 0 Å². The topological polar surface area (TPSA) is 75.6 Å². The lowest BCUT2D eigenvalue weighted by Crippen LogP contribution is -2.35. The van der Waals surface area contributed by atoms with E-state index in [1.807, 2.05) is 18.2 Å². The van der Waals surface area contributed by atoms with Crippen molar-refractivity contribution in [1.29, 1.82) is 0 Å². The molecule has 1 aromatic rings. The highest BCUT2D eigenvalue weighted by atomic mass is 32.2. The van der Waals surface area contributed by atoms with Crippen LogP contribution in [0.25, 0.3) is 0 Å². The summed E-state index contributed by atoms with van der Waals surface area (Å²) in [4.78, 5) is 0. The Balaban J connectivity index is 2.01. The third kappa shape index (κ3) is 4.98. The fourth-order valence-corrected chi connectivity index (χ4v) is 3.84. The molecule has 6 heteroatoms. The molecule has 21 heavy (non-hydrogen) atoms. The van der Waals surface area contributed by atoms with E-state index in [9.17, 15) is 13.5 Å². The Kier molecular flexibility index (Phi) is 4.60. The van der Waals surface area contributed by atoms with Crippen molar-refractivity contribution in [3.8, 4) is 5.75 Å². The van der Waals surface area contributed by atoms with Crippen LogP contribution in [0.5, 0.6) is 5.75 Å². The summed E-state index contributed by atoms with van der Waals surface area (Å²) < 4.78 is 28.6. The quantitative estimate of drug-likeness (QED) is 0.871. The van der Waals surface area contributed by atoms with E-state index in [1.165, 1.54) is 0 Å². The van der Waals surface area contributed by atoms with Crippen LogP contribution in [0.15, 0.2) is 24.3 Å². The number of sulfone groups is 1. The molecule has 2 atom stereocenters. The van der Waals surface area contributed by atoms with Crippen molar-refractivity contribution in [2.45, 2.75) is 45.1 Å². The highest BCUT2D eigenvalue weighted by molar-refractivity contribution is 7.91. The molecule has 0 aliphatic carbocycles. The third-order valence-electron chi connectivity index (χ3n) is 3.28. The SMILES string of the molecule is CC(C)(C)NCc1cccc(OC2CS(=O)(=O)CC2O)c1. The highest BCUT2D eigenvalue weighted by Gasteiger charge is 2.38. The van der Waals surface area contributed by atoms with Crippen molar-refractivity contribution in [1.82, 2.24) is 5.32 Å². The van der Waals surface area contributed by atoms with Crippen molar-refractivity contribution in [2.24, 2.45) is 0 Å². The first kappa shape index (κ1) is 16.3. The molecule has 2 N–H and O–H groups in total. The van der Waals surface area contributed by atoms with E-state index in [0.717, 1.165) is 5.56 Å². The molecule has 1 aliphatic rings. The third-order valence-corrected chi connectivity index (χ3v) is 4.97. The molecule has 2 rings (SSSR count). The second kappa shape index (κ2) is 5.94. The zero-order valence-electron chi connectivity index (χ0n) is 12.7. The van der Waals surface area contributed by atoms with Gasteiger partial charge in [0.05, 0.1) is 11.5 Å². The van der Waals surface area contributed by atoms with Crippen LogP contribution >= 0.6 is 0 Å². The maximum absolute atomic E-state index is 11.5. The molecule has 0 amide bonds. The van der Waals surface area contributed by atoms with Gasteiger partial charge in [0.2, 0.25) is 0 Å². The highest BCUT2D eigenvalue weighted by Crippen LogP contribution is 2.21. The van der Waals surface area contributed by atoms with E-state index in [0.29, 0.717) is 12.3 Å². The molecule has 5 nitrogen and oxygen atoms in total. The molecule has 1 aromatic carbocycles. The predicted octanol–water partition coefficient (Wildman–Crippen LogP) is 1.11. The van der Waals surface area contributed by atoms with Crippen molar-refractivity contribution in [3.05, 3.63) is 29.8 Å². The van der Waals surface area contributed by atoms with Crippen LogP contribution in [-0.2, 0) is 16.4 Å². The number of ether oxygens (including phenoxy) is 1. The minimum absolute atomic E-state index is 0.0204. The van der Waals surface area contributed by atoms with Crippen molar-refractivity contribution >= 4 is 9.84 Å². The van der Waals surface area contributed by atoms with Crippen LogP contribution in [0.2, 0.25) is 0 Å². The molecule has 1 fully saturated rings. The number of benzene rings is 1. The Hall–Kier alpha value is -1.11. The van der Waals surface area contributed by atoms with E-state index in [2.05, 4.69) is 26.1 Å². The largest absolute Gasteiger partial charge is 0.487 e. The number of aliphatic hydroxyl groups is 1. The van der Waals surface area contributed by atoms with Gasteiger partial charge >= 0.3 is 0 Å². The zero-order valence-corrected chi connectivity index (χ0v) is 13.5. The second-order valence-electron chi connectivity index (χ2n) is 6.55. The molecule has 0 spiro atoms. The van der Waals surface area contributed by atoms with Gasteiger partial charge in [-0.3, -0.25) is 0 Å².